The van der Waals surface area contributed by atoms with Gasteiger partial charge in [0.1, 0.15) is 11.0 Å². The number of hydrogen-bond donors (Lipinski definition) is 0. The monoisotopic (exact) mass is 475 g/mol. The van der Waals surface area contributed by atoms with Crippen molar-refractivity contribution in [3.63, 3.8) is 0 Å². The van der Waals surface area contributed by atoms with E-state index in [9.17, 15) is 13.2 Å². The summed E-state index contributed by atoms with van der Waals surface area (Å²) >= 11 is 5.81. The van der Waals surface area contributed by atoms with Gasteiger partial charge in [0, 0.05) is 26.6 Å². The Kier molecular flexibility index (Phi) is 11.6. The van der Waals surface area contributed by atoms with Gasteiger partial charge in [-0.1, -0.05) is 22.8 Å². The van der Waals surface area contributed by atoms with Gasteiger partial charge in [-0.3, -0.25) is 13.5 Å². The fourth-order valence-corrected chi connectivity index (χ4v) is 2.60. The molecule has 172 valence electrons. The summed E-state index contributed by atoms with van der Waals surface area (Å²) in [5, 5.41) is 8.91. The van der Waals surface area contributed by atoms with Crippen LogP contribution in [0.4, 0.5) is 22.3 Å². The minimum Gasteiger partial charge on any atom is -0.332 e. The lowest BCUT2D eigenvalue weighted by Crippen LogP contribution is -2.04. The van der Waals surface area contributed by atoms with Gasteiger partial charge in [0.2, 0.25) is 5.82 Å². The number of alkyl halides is 2. The number of hydrogen-bond acceptors (Lipinski definition) is 5. The van der Waals surface area contributed by atoms with Crippen LogP contribution in [0.1, 0.15) is 11.3 Å². The third-order valence-corrected chi connectivity index (χ3v) is 4.07. The molecule has 32 heavy (non-hydrogen) atoms. The second-order valence-electron chi connectivity index (χ2n) is 5.75. The molecule has 0 saturated carbocycles. The molecule has 0 aliphatic heterocycles. The van der Waals surface area contributed by atoms with Crippen LogP contribution in [0.15, 0.2) is 53.2 Å². The average Bonchev–Trinajstić information content (AvgIpc) is 3.47. The number of aryl methyl sites for hydroxylation is 1. The van der Waals surface area contributed by atoms with E-state index in [0.717, 1.165) is 11.3 Å². The van der Waals surface area contributed by atoms with Gasteiger partial charge >= 0.3 is 0 Å². The zero-order valence-electron chi connectivity index (χ0n) is 17.2. The van der Waals surface area contributed by atoms with Crippen LogP contribution in [0.5, 0.6) is 0 Å². The molecular weight excluding hydrogens is 457 g/mol. The molecule has 3 heterocycles. The maximum atomic E-state index is 13.0. The van der Waals surface area contributed by atoms with Crippen LogP contribution < -0.4 is 0 Å². The van der Waals surface area contributed by atoms with E-state index in [-0.39, 0.29) is 5.82 Å². The zero-order valence-corrected chi connectivity index (χ0v) is 18.0. The summed E-state index contributed by atoms with van der Waals surface area (Å²) in [5.74, 6) is 0.373. The maximum absolute atomic E-state index is 13.0. The molecule has 0 atom stereocenters. The molecule has 0 spiro atoms. The Labute approximate surface area is 185 Å². The standard InChI is InChI=1S/C18H13ClFN5O.2CH3F.F2/c1-11-8-15(23-25(11)10-12-2-7-16(19)21-9-12)18-22-17(24-26-18)13-3-5-14(20)6-4-13;3*1-2/h2-9H,10H2,1H3;2*1H3;. The molecule has 0 bridgehead atoms. The summed E-state index contributed by atoms with van der Waals surface area (Å²) in [4.78, 5) is 8.42. The number of rotatable bonds is 4. The molecule has 4 rings (SSSR count). The highest BCUT2D eigenvalue weighted by atomic mass is 35.5. The number of halogens is 6. The first kappa shape index (κ1) is 26.7. The van der Waals surface area contributed by atoms with Crippen molar-refractivity contribution in [3.05, 3.63) is 70.9 Å². The van der Waals surface area contributed by atoms with Crippen molar-refractivity contribution in [2.45, 2.75) is 13.5 Å². The molecule has 1 aromatic carbocycles. The summed E-state index contributed by atoms with van der Waals surface area (Å²) in [6.45, 7) is 2.49. The Morgan fingerprint density at radius 2 is 1.66 bits per heavy atom. The highest BCUT2D eigenvalue weighted by molar-refractivity contribution is 6.29. The van der Waals surface area contributed by atoms with E-state index < -0.39 is 0 Å². The van der Waals surface area contributed by atoms with Gasteiger partial charge in [0.15, 0.2) is 5.69 Å². The van der Waals surface area contributed by atoms with Crippen LogP contribution >= 0.6 is 11.6 Å². The molecule has 3 aromatic heterocycles. The van der Waals surface area contributed by atoms with E-state index >= 15 is 0 Å². The molecule has 0 fully saturated rings. The highest BCUT2D eigenvalue weighted by Gasteiger charge is 2.15. The van der Waals surface area contributed by atoms with Gasteiger partial charge in [-0.2, -0.15) is 10.1 Å². The number of pyridine rings is 1. The van der Waals surface area contributed by atoms with Gasteiger partial charge in [0.05, 0.1) is 20.9 Å². The van der Waals surface area contributed by atoms with E-state index in [4.69, 9.17) is 25.3 Å². The van der Waals surface area contributed by atoms with Crippen LogP contribution in [-0.4, -0.2) is 39.3 Å². The summed E-state index contributed by atoms with van der Waals surface area (Å²) in [6.07, 6.45) is 1.71. The Morgan fingerprint density at radius 1 is 1.00 bits per heavy atom. The normalized spacial score (nSPS) is 9.53. The van der Waals surface area contributed by atoms with E-state index in [2.05, 4.69) is 20.2 Å². The summed E-state index contributed by atoms with van der Waals surface area (Å²) in [7, 11) is 1.00. The van der Waals surface area contributed by atoms with E-state index in [1.807, 2.05) is 23.7 Å². The highest BCUT2D eigenvalue weighted by Crippen LogP contribution is 2.22. The van der Waals surface area contributed by atoms with Crippen molar-refractivity contribution in [1.82, 2.24) is 24.9 Å². The predicted molar refractivity (Wildman–Crippen MR) is 110 cm³/mol. The quantitative estimate of drug-likeness (QED) is 0.261. The molecule has 0 amide bonds. The van der Waals surface area contributed by atoms with E-state index in [0.29, 0.717) is 49.0 Å². The molecule has 0 aliphatic rings. The average molecular weight is 476 g/mol. The third-order valence-electron chi connectivity index (χ3n) is 3.85. The number of benzene rings is 1. The molecule has 0 saturated heterocycles. The minimum absolute atomic E-state index is 0.306. The fraction of sp³-hybridized carbons (Fsp3) is 0.200. The largest absolute Gasteiger partial charge is 0.332 e. The molecule has 12 heteroatoms. The van der Waals surface area contributed by atoms with Crippen molar-refractivity contribution in [2.75, 3.05) is 14.4 Å². The Morgan fingerprint density at radius 3 is 2.25 bits per heavy atom. The summed E-state index contributed by atoms with van der Waals surface area (Å²) in [6, 6.07) is 11.4. The second-order valence-corrected chi connectivity index (χ2v) is 6.14. The molecule has 4 aromatic rings. The number of nitrogens with zero attached hydrogens (tertiary/aromatic N) is 5. The topological polar surface area (TPSA) is 69.6 Å². The van der Waals surface area contributed by atoms with Crippen molar-refractivity contribution >= 4 is 11.6 Å². The Bertz CT molecular complexity index is 1060. The van der Waals surface area contributed by atoms with Crippen LogP contribution in [0.25, 0.3) is 23.0 Å². The van der Waals surface area contributed by atoms with Crippen LogP contribution in [-0.2, 0) is 6.54 Å². The minimum atomic E-state index is -0.316. The summed E-state index contributed by atoms with van der Waals surface area (Å²) < 4.78 is 55.2. The third kappa shape index (κ3) is 7.12. The fourth-order valence-electron chi connectivity index (χ4n) is 2.49. The molecule has 0 radical (unpaired) electrons. The van der Waals surface area contributed by atoms with Gasteiger partial charge in [-0.05, 0) is 48.9 Å². The SMILES string of the molecule is CF.CF.Cc1cc(-c2nc(-c3ccc(F)cc3)no2)nn1Cc1ccc(Cl)nc1.FF. The van der Waals surface area contributed by atoms with Crippen molar-refractivity contribution in [2.24, 2.45) is 0 Å². The predicted octanol–water partition coefficient (Wildman–Crippen LogP) is 6.16. The van der Waals surface area contributed by atoms with Crippen molar-refractivity contribution in [1.29, 1.82) is 0 Å². The first-order chi connectivity index (χ1) is 15.6. The molecule has 0 unspecified atom stereocenters. The first-order valence-corrected chi connectivity index (χ1v) is 9.11. The van der Waals surface area contributed by atoms with Gasteiger partial charge < -0.3 is 4.52 Å². The molecule has 0 N–H and O–H groups in total. The lowest BCUT2D eigenvalue weighted by atomic mass is 10.2. The number of aromatic nitrogens is 5. The molecular formula is C20H19ClF5N5O. The van der Waals surface area contributed by atoms with Gasteiger partial charge in [-0.25, -0.2) is 9.37 Å². The zero-order chi connectivity index (χ0) is 24.1. The van der Waals surface area contributed by atoms with Gasteiger partial charge in [0.25, 0.3) is 5.89 Å². The molecule has 6 nitrogen and oxygen atoms in total. The smallest absolute Gasteiger partial charge is 0.278 e. The lowest BCUT2D eigenvalue weighted by molar-refractivity contribution is 0.108. The lowest BCUT2D eigenvalue weighted by Gasteiger charge is -2.03. The summed E-state index contributed by atoms with van der Waals surface area (Å²) in [5.41, 5.74) is 3.16. The van der Waals surface area contributed by atoms with Crippen LogP contribution in [0.2, 0.25) is 5.15 Å². The van der Waals surface area contributed by atoms with Crippen molar-refractivity contribution < 1.29 is 26.8 Å². The van der Waals surface area contributed by atoms with Crippen LogP contribution in [0, 0.1) is 12.7 Å². The first-order valence-electron chi connectivity index (χ1n) is 8.73. The molecule has 0 aliphatic carbocycles. The maximum Gasteiger partial charge on any atom is 0.278 e. The van der Waals surface area contributed by atoms with Gasteiger partial charge in [-0.15, -0.1) is 0 Å². The second kappa shape index (κ2) is 13.9. The Hall–Kier alpha value is -3.34. The van der Waals surface area contributed by atoms with Crippen molar-refractivity contribution in [3.8, 4) is 23.0 Å². The van der Waals surface area contributed by atoms with E-state index in [1.165, 1.54) is 12.1 Å². The van der Waals surface area contributed by atoms with Crippen LogP contribution in [0.3, 0.4) is 0 Å². The van der Waals surface area contributed by atoms with E-state index in [1.54, 1.807) is 24.4 Å². The Balaban J connectivity index is 0.000000789.